The second-order valence-electron chi connectivity index (χ2n) is 5.77. The van der Waals surface area contributed by atoms with Crippen LogP contribution in [-0.4, -0.2) is 41.9 Å². The van der Waals surface area contributed by atoms with Crippen LogP contribution >= 0.6 is 0 Å². The smallest absolute Gasteiger partial charge is 0.130 e. The second-order valence-corrected chi connectivity index (χ2v) is 5.77. The molecule has 1 aliphatic heterocycles. The summed E-state index contributed by atoms with van der Waals surface area (Å²) in [5.74, 6) is 0.831. The number of ether oxygens (including phenoxy) is 2. The molecule has 3 N–H and O–H groups in total. The van der Waals surface area contributed by atoms with Crippen molar-refractivity contribution in [3.8, 4) is 5.75 Å². The van der Waals surface area contributed by atoms with Crippen LogP contribution in [0, 0.1) is 0 Å². The Labute approximate surface area is 132 Å². The minimum absolute atomic E-state index is 0.145. The van der Waals surface area contributed by atoms with Crippen LogP contribution in [0.5, 0.6) is 5.75 Å². The Balaban J connectivity index is 1.78. The monoisotopic (exact) mass is 309 g/mol. The SMILES string of the molecule is CCCCCCOc1cccc(N[C@H]2C[C@H](O)[C@H](O)CO2)c1. The summed E-state index contributed by atoms with van der Waals surface area (Å²) in [4.78, 5) is 0. The molecule has 5 nitrogen and oxygen atoms in total. The van der Waals surface area contributed by atoms with Crippen molar-refractivity contribution in [3.05, 3.63) is 24.3 Å². The lowest BCUT2D eigenvalue weighted by atomic mass is 10.1. The predicted octanol–water partition coefficient (Wildman–Crippen LogP) is 2.53. The van der Waals surface area contributed by atoms with Gasteiger partial charge in [0.15, 0.2) is 0 Å². The van der Waals surface area contributed by atoms with Crippen molar-refractivity contribution in [2.75, 3.05) is 18.5 Å². The van der Waals surface area contributed by atoms with Gasteiger partial charge in [-0.3, -0.25) is 0 Å². The summed E-state index contributed by atoms with van der Waals surface area (Å²) in [5.41, 5.74) is 0.889. The Hall–Kier alpha value is -1.30. The van der Waals surface area contributed by atoms with E-state index in [9.17, 15) is 10.2 Å². The van der Waals surface area contributed by atoms with Crippen LogP contribution in [0.2, 0.25) is 0 Å². The van der Waals surface area contributed by atoms with Crippen molar-refractivity contribution in [2.24, 2.45) is 0 Å². The third-order valence-corrected chi connectivity index (χ3v) is 3.80. The van der Waals surface area contributed by atoms with Gasteiger partial charge in [-0.05, 0) is 18.6 Å². The van der Waals surface area contributed by atoms with Crippen molar-refractivity contribution >= 4 is 5.69 Å². The van der Waals surface area contributed by atoms with E-state index in [0.29, 0.717) is 6.42 Å². The van der Waals surface area contributed by atoms with Crippen LogP contribution in [-0.2, 0) is 4.74 Å². The molecule has 0 aliphatic carbocycles. The molecule has 1 aromatic carbocycles. The number of rotatable bonds is 8. The largest absolute Gasteiger partial charge is 0.494 e. The highest BCUT2D eigenvalue weighted by molar-refractivity contribution is 5.48. The molecule has 1 aromatic rings. The maximum Gasteiger partial charge on any atom is 0.130 e. The maximum absolute atomic E-state index is 9.67. The summed E-state index contributed by atoms with van der Waals surface area (Å²) >= 11 is 0. The third-order valence-electron chi connectivity index (χ3n) is 3.80. The van der Waals surface area contributed by atoms with Gasteiger partial charge >= 0.3 is 0 Å². The lowest BCUT2D eigenvalue weighted by Crippen LogP contribution is -2.44. The lowest BCUT2D eigenvalue weighted by Gasteiger charge is -2.31. The average Bonchev–Trinajstić information content (AvgIpc) is 2.51. The quantitative estimate of drug-likeness (QED) is 0.644. The molecule has 1 saturated heterocycles. The maximum atomic E-state index is 9.67. The Morgan fingerprint density at radius 2 is 2.09 bits per heavy atom. The van der Waals surface area contributed by atoms with Gasteiger partial charge in [-0.1, -0.05) is 32.3 Å². The molecule has 0 saturated carbocycles. The van der Waals surface area contributed by atoms with Gasteiger partial charge in [0.25, 0.3) is 0 Å². The zero-order valence-corrected chi connectivity index (χ0v) is 13.2. The highest BCUT2D eigenvalue weighted by Gasteiger charge is 2.28. The molecule has 0 amide bonds. The summed E-state index contributed by atoms with van der Waals surface area (Å²) in [5, 5.41) is 22.3. The first-order valence-corrected chi connectivity index (χ1v) is 8.16. The summed E-state index contributed by atoms with van der Waals surface area (Å²) in [6, 6.07) is 7.73. The van der Waals surface area contributed by atoms with Gasteiger partial charge < -0.3 is 25.0 Å². The number of unbranched alkanes of at least 4 members (excludes halogenated alkanes) is 3. The molecule has 3 atom stereocenters. The molecule has 0 radical (unpaired) electrons. The second kappa shape index (κ2) is 8.98. The van der Waals surface area contributed by atoms with Gasteiger partial charge in [0.1, 0.15) is 18.1 Å². The van der Waals surface area contributed by atoms with E-state index in [1.807, 2.05) is 24.3 Å². The van der Waals surface area contributed by atoms with Gasteiger partial charge in [-0.15, -0.1) is 0 Å². The van der Waals surface area contributed by atoms with Crippen LogP contribution in [0.3, 0.4) is 0 Å². The number of hydrogen-bond acceptors (Lipinski definition) is 5. The first-order valence-electron chi connectivity index (χ1n) is 8.16. The van der Waals surface area contributed by atoms with Gasteiger partial charge in [0.2, 0.25) is 0 Å². The molecular formula is C17H27NO4. The molecule has 2 rings (SSSR count). The fourth-order valence-electron chi connectivity index (χ4n) is 2.45. The van der Waals surface area contributed by atoms with Crippen molar-refractivity contribution in [3.63, 3.8) is 0 Å². The molecule has 1 heterocycles. The summed E-state index contributed by atoms with van der Waals surface area (Å²) in [6.45, 7) is 3.07. The molecule has 22 heavy (non-hydrogen) atoms. The average molecular weight is 309 g/mol. The zero-order chi connectivity index (χ0) is 15.8. The molecule has 0 bridgehead atoms. The Kier molecular flexibility index (Phi) is 6.96. The van der Waals surface area contributed by atoms with E-state index >= 15 is 0 Å². The van der Waals surface area contributed by atoms with Crippen molar-refractivity contribution in [2.45, 2.75) is 57.5 Å². The van der Waals surface area contributed by atoms with Crippen molar-refractivity contribution < 1.29 is 19.7 Å². The van der Waals surface area contributed by atoms with Gasteiger partial charge in [-0.2, -0.15) is 0 Å². The first-order chi connectivity index (χ1) is 10.7. The Bertz CT molecular complexity index is 440. The van der Waals surface area contributed by atoms with Crippen LogP contribution < -0.4 is 10.1 Å². The highest BCUT2D eigenvalue weighted by atomic mass is 16.5. The minimum Gasteiger partial charge on any atom is -0.494 e. The molecule has 5 heteroatoms. The number of hydrogen-bond donors (Lipinski definition) is 3. The summed E-state index contributed by atoms with van der Waals surface area (Å²) in [6.07, 6.45) is 3.27. The van der Waals surface area contributed by atoms with Crippen molar-refractivity contribution in [1.82, 2.24) is 0 Å². The predicted molar refractivity (Wildman–Crippen MR) is 86.1 cm³/mol. The summed E-state index contributed by atoms with van der Waals surface area (Å²) < 4.78 is 11.2. The first kappa shape index (κ1) is 17.1. The fraction of sp³-hybridized carbons (Fsp3) is 0.647. The van der Waals surface area contributed by atoms with Crippen LogP contribution in [0.4, 0.5) is 5.69 Å². The number of benzene rings is 1. The van der Waals surface area contributed by atoms with E-state index in [2.05, 4.69) is 12.2 Å². The van der Waals surface area contributed by atoms with Gasteiger partial charge in [-0.25, -0.2) is 0 Å². The molecule has 1 fully saturated rings. The molecule has 1 aliphatic rings. The lowest BCUT2D eigenvalue weighted by molar-refractivity contribution is -0.112. The zero-order valence-electron chi connectivity index (χ0n) is 13.2. The Morgan fingerprint density at radius 3 is 2.86 bits per heavy atom. The van der Waals surface area contributed by atoms with Crippen LogP contribution in [0.25, 0.3) is 0 Å². The van der Waals surface area contributed by atoms with E-state index in [4.69, 9.17) is 9.47 Å². The molecule has 124 valence electrons. The number of anilines is 1. The molecule has 0 spiro atoms. The summed E-state index contributed by atoms with van der Waals surface area (Å²) in [7, 11) is 0. The molecule has 0 aromatic heterocycles. The number of nitrogens with one attached hydrogen (secondary N) is 1. The molecule has 0 unspecified atom stereocenters. The van der Waals surface area contributed by atoms with Gasteiger partial charge in [0, 0.05) is 18.2 Å². The standard InChI is InChI=1S/C17H27NO4/c1-2-3-4-5-9-21-14-8-6-7-13(10-14)18-17-11-15(19)16(20)12-22-17/h6-8,10,15-20H,2-5,9,11-12H2,1H3/t15-,16+,17+/m0/s1. The van der Waals surface area contributed by atoms with E-state index in [-0.39, 0.29) is 12.8 Å². The number of aliphatic hydroxyl groups is 2. The third kappa shape index (κ3) is 5.48. The molecular weight excluding hydrogens is 282 g/mol. The topological polar surface area (TPSA) is 71.0 Å². The highest BCUT2D eigenvalue weighted by Crippen LogP contribution is 2.21. The fourth-order valence-corrected chi connectivity index (χ4v) is 2.45. The Morgan fingerprint density at radius 1 is 1.23 bits per heavy atom. The number of aliphatic hydroxyl groups excluding tert-OH is 2. The minimum atomic E-state index is -0.796. The van der Waals surface area contributed by atoms with Crippen molar-refractivity contribution in [1.29, 1.82) is 0 Å². The van der Waals surface area contributed by atoms with Crippen LogP contribution in [0.1, 0.15) is 39.0 Å². The van der Waals surface area contributed by atoms with E-state index < -0.39 is 12.2 Å². The van der Waals surface area contributed by atoms with E-state index in [0.717, 1.165) is 24.5 Å². The normalized spacial score (nSPS) is 25.0. The van der Waals surface area contributed by atoms with E-state index in [1.54, 1.807) is 0 Å². The van der Waals surface area contributed by atoms with Crippen LogP contribution in [0.15, 0.2) is 24.3 Å². The van der Waals surface area contributed by atoms with E-state index in [1.165, 1.54) is 19.3 Å². The van der Waals surface area contributed by atoms with Gasteiger partial charge in [0.05, 0.1) is 19.3 Å².